The Labute approximate surface area is 147 Å². The molecule has 0 spiro atoms. The summed E-state index contributed by atoms with van der Waals surface area (Å²) in [5, 5.41) is 9.49. The standard InChI is InChI=1S/C11H12N2.C9H7Br/c1-13-11(7-12)10-5-8-2-3-9(4-8)6-10;10-8-4-7-9-5-2-1-3-6-9/h8-9H,2-6H2;1-3,5-6H,8H2. The lowest BCUT2D eigenvalue weighted by Crippen LogP contribution is -2.08. The van der Waals surface area contributed by atoms with Gasteiger partial charge in [0.15, 0.2) is 0 Å². The predicted molar refractivity (Wildman–Crippen MR) is 96.4 cm³/mol. The Bertz CT molecular complexity index is 665. The fraction of sp³-hybridized carbons (Fsp3) is 0.400. The number of alkyl halides is 1. The van der Waals surface area contributed by atoms with Crippen LogP contribution in [0.2, 0.25) is 0 Å². The highest BCUT2D eigenvalue weighted by Gasteiger charge is 2.32. The maximum absolute atomic E-state index is 8.75. The van der Waals surface area contributed by atoms with E-state index in [1.807, 2.05) is 36.4 Å². The van der Waals surface area contributed by atoms with Crippen molar-refractivity contribution in [1.82, 2.24) is 0 Å². The van der Waals surface area contributed by atoms with Crippen LogP contribution >= 0.6 is 15.9 Å². The molecule has 0 aliphatic heterocycles. The molecular weight excluding hydrogens is 348 g/mol. The quantitative estimate of drug-likeness (QED) is 0.264. The van der Waals surface area contributed by atoms with Crippen molar-refractivity contribution < 1.29 is 0 Å². The van der Waals surface area contributed by atoms with Crippen molar-refractivity contribution in [2.45, 2.75) is 32.1 Å². The Kier molecular flexibility index (Phi) is 6.93. The minimum Gasteiger partial charge on any atom is -0.227 e. The fourth-order valence-electron chi connectivity index (χ4n) is 3.36. The number of hydrogen-bond acceptors (Lipinski definition) is 1. The first kappa shape index (κ1) is 17.3. The minimum atomic E-state index is 0.372. The van der Waals surface area contributed by atoms with E-state index in [2.05, 4.69) is 32.6 Å². The third-order valence-electron chi connectivity index (χ3n) is 4.35. The maximum Gasteiger partial charge on any atom is 0.261 e. The van der Waals surface area contributed by atoms with Crippen LogP contribution in [0.4, 0.5) is 0 Å². The summed E-state index contributed by atoms with van der Waals surface area (Å²) >= 11 is 3.23. The lowest BCUT2D eigenvalue weighted by molar-refractivity contribution is 0.425. The van der Waals surface area contributed by atoms with Crippen LogP contribution in [0, 0.1) is 41.6 Å². The van der Waals surface area contributed by atoms with Gasteiger partial charge in [0.25, 0.3) is 5.70 Å². The van der Waals surface area contributed by atoms with Crippen molar-refractivity contribution in [3.8, 4) is 17.9 Å². The summed E-state index contributed by atoms with van der Waals surface area (Å²) in [4.78, 5) is 3.30. The molecule has 2 atom stereocenters. The molecule has 1 aromatic rings. The van der Waals surface area contributed by atoms with Crippen molar-refractivity contribution >= 4 is 15.9 Å². The van der Waals surface area contributed by atoms with Crippen LogP contribution in [0.5, 0.6) is 0 Å². The summed E-state index contributed by atoms with van der Waals surface area (Å²) in [7, 11) is 0. The highest BCUT2D eigenvalue weighted by atomic mass is 79.9. The second kappa shape index (κ2) is 9.19. The number of rotatable bonds is 0. The molecule has 0 saturated heterocycles. The Morgan fingerprint density at radius 2 is 1.87 bits per heavy atom. The van der Waals surface area contributed by atoms with Crippen LogP contribution in [0.25, 0.3) is 4.85 Å². The fourth-order valence-corrected chi connectivity index (χ4v) is 3.50. The molecule has 0 heterocycles. The van der Waals surface area contributed by atoms with E-state index in [4.69, 9.17) is 11.8 Å². The zero-order valence-corrected chi connectivity index (χ0v) is 14.6. The lowest BCUT2D eigenvalue weighted by atomic mass is 9.84. The smallest absolute Gasteiger partial charge is 0.227 e. The van der Waals surface area contributed by atoms with E-state index in [1.165, 1.54) is 19.3 Å². The van der Waals surface area contributed by atoms with Crippen LogP contribution in [0.1, 0.15) is 37.7 Å². The summed E-state index contributed by atoms with van der Waals surface area (Å²) in [5.74, 6) is 7.48. The molecule has 2 bridgehead atoms. The van der Waals surface area contributed by atoms with Crippen LogP contribution < -0.4 is 0 Å². The molecule has 0 amide bonds. The van der Waals surface area contributed by atoms with Gasteiger partial charge in [-0.3, -0.25) is 0 Å². The Balaban J connectivity index is 0.000000174. The monoisotopic (exact) mass is 366 g/mol. The van der Waals surface area contributed by atoms with Gasteiger partial charge >= 0.3 is 0 Å². The van der Waals surface area contributed by atoms with E-state index in [0.717, 1.165) is 41.1 Å². The summed E-state index contributed by atoms with van der Waals surface area (Å²) in [5.41, 5.74) is 2.58. The Morgan fingerprint density at radius 3 is 2.39 bits per heavy atom. The van der Waals surface area contributed by atoms with E-state index in [-0.39, 0.29) is 0 Å². The molecule has 2 unspecified atom stereocenters. The van der Waals surface area contributed by atoms with Crippen LogP contribution in [-0.2, 0) is 0 Å². The number of benzene rings is 1. The largest absolute Gasteiger partial charge is 0.261 e. The molecule has 2 saturated carbocycles. The first-order chi connectivity index (χ1) is 11.3. The normalized spacial score (nSPS) is 20.9. The SMILES string of the molecule is BrCC#Cc1ccccc1.[C-]#[N+]C(C#N)=C1CC2CCC(C1)C2. The van der Waals surface area contributed by atoms with E-state index < -0.39 is 0 Å². The van der Waals surface area contributed by atoms with Crippen LogP contribution in [0.15, 0.2) is 41.6 Å². The molecule has 1 aromatic carbocycles. The van der Waals surface area contributed by atoms with Gasteiger partial charge in [0.05, 0.1) is 18.0 Å². The average Bonchev–Trinajstić information content (AvgIpc) is 2.94. The van der Waals surface area contributed by atoms with Gasteiger partial charge in [-0.15, -0.1) is 0 Å². The number of allylic oxidation sites excluding steroid dienone is 2. The van der Waals surface area contributed by atoms with Crippen molar-refractivity contribution in [1.29, 1.82) is 5.26 Å². The van der Waals surface area contributed by atoms with Crippen LogP contribution in [-0.4, -0.2) is 5.33 Å². The number of nitrogens with zero attached hydrogens (tertiary/aromatic N) is 2. The van der Waals surface area contributed by atoms with E-state index >= 15 is 0 Å². The molecular formula is C20H19BrN2. The molecule has 116 valence electrons. The third kappa shape index (κ3) is 5.28. The van der Waals surface area contributed by atoms with Gasteiger partial charge in [-0.2, -0.15) is 0 Å². The molecule has 2 aliphatic rings. The first-order valence-electron chi connectivity index (χ1n) is 7.86. The maximum atomic E-state index is 8.75. The van der Waals surface area contributed by atoms with E-state index in [9.17, 15) is 0 Å². The zero-order chi connectivity index (χ0) is 16.5. The van der Waals surface area contributed by atoms with E-state index in [1.54, 1.807) is 0 Å². The second-order valence-electron chi connectivity index (χ2n) is 5.93. The number of fused-ring (bicyclic) bond motifs is 2. The van der Waals surface area contributed by atoms with Gasteiger partial charge in [-0.1, -0.05) is 51.5 Å². The van der Waals surface area contributed by atoms with Gasteiger partial charge < -0.3 is 0 Å². The molecule has 0 radical (unpaired) electrons. The number of hydrogen-bond donors (Lipinski definition) is 0. The van der Waals surface area contributed by atoms with Crippen molar-refractivity contribution in [2.24, 2.45) is 11.8 Å². The van der Waals surface area contributed by atoms with Gasteiger partial charge in [-0.05, 0) is 56.1 Å². The van der Waals surface area contributed by atoms with Gasteiger partial charge in [0.2, 0.25) is 0 Å². The zero-order valence-electron chi connectivity index (χ0n) is 13.1. The second-order valence-corrected chi connectivity index (χ2v) is 6.49. The summed E-state index contributed by atoms with van der Waals surface area (Å²) in [6.07, 6.45) is 5.99. The molecule has 2 fully saturated rings. The summed E-state index contributed by atoms with van der Waals surface area (Å²) in [6, 6.07) is 12.0. The molecule has 23 heavy (non-hydrogen) atoms. The third-order valence-corrected chi connectivity index (χ3v) is 4.63. The van der Waals surface area contributed by atoms with Gasteiger partial charge in [0, 0.05) is 5.56 Å². The molecule has 3 heteroatoms. The van der Waals surface area contributed by atoms with Crippen molar-refractivity contribution in [2.75, 3.05) is 5.33 Å². The first-order valence-corrected chi connectivity index (χ1v) is 8.98. The minimum absolute atomic E-state index is 0.372. The molecule has 0 N–H and O–H groups in total. The topological polar surface area (TPSA) is 28.1 Å². The molecule has 2 nitrogen and oxygen atoms in total. The highest BCUT2D eigenvalue weighted by Crippen LogP contribution is 2.45. The Hall–Kier alpha value is -2.02. The molecule has 3 rings (SSSR count). The molecule has 0 aromatic heterocycles. The molecule has 2 aliphatic carbocycles. The summed E-state index contributed by atoms with van der Waals surface area (Å²) < 4.78 is 0. The summed E-state index contributed by atoms with van der Waals surface area (Å²) in [6.45, 7) is 6.89. The average molecular weight is 367 g/mol. The van der Waals surface area contributed by atoms with Gasteiger partial charge in [-0.25, -0.2) is 10.1 Å². The Morgan fingerprint density at radius 1 is 1.22 bits per heavy atom. The number of halogens is 1. The van der Waals surface area contributed by atoms with Crippen LogP contribution in [0.3, 0.4) is 0 Å². The highest BCUT2D eigenvalue weighted by molar-refractivity contribution is 9.09. The van der Waals surface area contributed by atoms with Crippen molar-refractivity contribution in [3.05, 3.63) is 58.6 Å². The van der Waals surface area contributed by atoms with E-state index in [0.29, 0.717) is 5.70 Å². The predicted octanol–water partition coefficient (Wildman–Crippen LogP) is 5.33. The van der Waals surface area contributed by atoms with Gasteiger partial charge in [0.1, 0.15) is 0 Å². The van der Waals surface area contributed by atoms with Crippen molar-refractivity contribution in [3.63, 3.8) is 0 Å². The lowest BCUT2D eigenvalue weighted by Gasteiger charge is -2.21. The number of nitriles is 1.